The quantitative estimate of drug-likeness (QED) is 0.567. The van der Waals surface area contributed by atoms with Crippen LogP contribution in [0.15, 0.2) is 10.5 Å². The van der Waals surface area contributed by atoms with Gasteiger partial charge in [-0.25, -0.2) is 18.0 Å². The zero-order valence-corrected chi connectivity index (χ0v) is 14.7. The number of hydrogen-bond donors (Lipinski definition) is 0. The molecule has 128 valence electrons. The second-order valence-electron chi connectivity index (χ2n) is 6.36. The molecule has 1 aliphatic rings. The van der Waals surface area contributed by atoms with Crippen LogP contribution < -0.4 is 4.90 Å². The number of carbonyl (C=O) groups excluding carboxylic acids is 1. The van der Waals surface area contributed by atoms with Crippen molar-refractivity contribution in [1.29, 1.82) is 0 Å². The number of nitrogens with zero attached hydrogens (tertiary/aromatic N) is 2. The normalized spacial score (nSPS) is 16.6. The molecule has 0 aromatic heterocycles. The second kappa shape index (κ2) is 6.68. The van der Waals surface area contributed by atoms with Gasteiger partial charge in [-0.15, -0.1) is 5.06 Å². The molecule has 1 fully saturated rings. The van der Waals surface area contributed by atoms with Gasteiger partial charge >= 0.3 is 5.97 Å². The number of piperazine rings is 1. The summed E-state index contributed by atoms with van der Waals surface area (Å²) in [7, 11) is 0. The first-order valence-corrected chi connectivity index (χ1v) is 7.96. The number of anilines is 1. The summed E-state index contributed by atoms with van der Waals surface area (Å²) in [4.78, 5) is 18.5. The van der Waals surface area contributed by atoms with E-state index in [4.69, 9.17) is 4.84 Å². The molecule has 0 spiro atoms. The maximum absolute atomic E-state index is 14.0. The lowest BCUT2D eigenvalue weighted by atomic mass is 9.98. The Kier molecular flexibility index (Phi) is 5.25. The van der Waals surface area contributed by atoms with Crippen LogP contribution in [0.3, 0.4) is 0 Å². The second-order valence-corrected chi connectivity index (χ2v) is 7.22. The number of hydrogen-bond acceptors (Lipinski definition) is 4. The Morgan fingerprint density at radius 1 is 1.13 bits per heavy atom. The zero-order valence-electron chi connectivity index (χ0n) is 13.1. The van der Waals surface area contributed by atoms with Gasteiger partial charge in [-0.2, -0.15) is 0 Å². The molecule has 4 nitrogen and oxygen atoms in total. The van der Waals surface area contributed by atoms with E-state index in [9.17, 15) is 18.0 Å². The van der Waals surface area contributed by atoms with Gasteiger partial charge in [0.15, 0.2) is 17.5 Å². The van der Waals surface area contributed by atoms with Crippen LogP contribution in [0.4, 0.5) is 18.9 Å². The fraction of sp³-hybridized carbons (Fsp3) is 0.533. The van der Waals surface area contributed by atoms with E-state index in [2.05, 4.69) is 15.9 Å². The van der Waals surface area contributed by atoms with Crippen LogP contribution in [-0.4, -0.2) is 37.2 Å². The molecule has 0 radical (unpaired) electrons. The predicted molar refractivity (Wildman–Crippen MR) is 83.3 cm³/mol. The van der Waals surface area contributed by atoms with E-state index in [1.165, 1.54) is 9.96 Å². The highest BCUT2D eigenvalue weighted by Crippen LogP contribution is 2.31. The molecule has 1 aliphatic heterocycles. The van der Waals surface area contributed by atoms with Gasteiger partial charge in [0.1, 0.15) is 5.69 Å². The number of carbonyl (C=O) groups is 1. The topological polar surface area (TPSA) is 32.8 Å². The van der Waals surface area contributed by atoms with E-state index in [0.717, 1.165) is 6.07 Å². The molecule has 1 aromatic carbocycles. The number of halogens is 4. The van der Waals surface area contributed by atoms with E-state index < -0.39 is 28.6 Å². The van der Waals surface area contributed by atoms with Crippen molar-refractivity contribution in [1.82, 2.24) is 5.06 Å². The molecule has 2 rings (SSSR count). The van der Waals surface area contributed by atoms with Crippen molar-refractivity contribution >= 4 is 27.6 Å². The molecule has 23 heavy (non-hydrogen) atoms. The van der Waals surface area contributed by atoms with Crippen molar-refractivity contribution in [2.45, 2.75) is 20.8 Å². The summed E-state index contributed by atoms with van der Waals surface area (Å²) in [6.45, 7) is 6.19. The molecular weight excluding hydrogens is 377 g/mol. The van der Waals surface area contributed by atoms with Crippen LogP contribution in [0.1, 0.15) is 20.8 Å². The first-order chi connectivity index (χ1) is 10.6. The van der Waals surface area contributed by atoms with Crippen LogP contribution >= 0.6 is 15.9 Å². The highest BCUT2D eigenvalue weighted by atomic mass is 79.9. The highest BCUT2D eigenvalue weighted by molar-refractivity contribution is 9.10. The minimum absolute atomic E-state index is 0.215. The van der Waals surface area contributed by atoms with Crippen molar-refractivity contribution in [2.75, 3.05) is 31.1 Å². The molecule has 1 heterocycles. The van der Waals surface area contributed by atoms with E-state index in [0.29, 0.717) is 0 Å². The van der Waals surface area contributed by atoms with Gasteiger partial charge in [-0.05, 0) is 42.8 Å². The molecule has 0 unspecified atom stereocenters. The average molecular weight is 395 g/mol. The summed E-state index contributed by atoms with van der Waals surface area (Å²) in [6, 6.07) is 0.903. The summed E-state index contributed by atoms with van der Waals surface area (Å²) < 4.78 is 41.3. The highest BCUT2D eigenvalue weighted by Gasteiger charge is 2.30. The third kappa shape index (κ3) is 3.98. The third-order valence-electron chi connectivity index (χ3n) is 3.47. The van der Waals surface area contributed by atoms with E-state index in [1.54, 1.807) is 20.8 Å². The van der Waals surface area contributed by atoms with Crippen molar-refractivity contribution in [3.8, 4) is 0 Å². The van der Waals surface area contributed by atoms with E-state index in [1.807, 2.05) is 0 Å². The van der Waals surface area contributed by atoms with Crippen molar-refractivity contribution < 1.29 is 22.8 Å². The Morgan fingerprint density at radius 2 is 1.70 bits per heavy atom. The Labute approximate surface area is 141 Å². The molecular formula is C15H18BrF3N2O2. The van der Waals surface area contributed by atoms with Gasteiger partial charge in [0.25, 0.3) is 0 Å². The smallest absolute Gasteiger partial charge is 0.330 e. The van der Waals surface area contributed by atoms with Gasteiger partial charge in [-0.3, -0.25) is 0 Å². The zero-order chi connectivity index (χ0) is 17.4. The Bertz CT molecular complexity index is 612. The molecule has 0 saturated carbocycles. The molecule has 1 aromatic rings. The Morgan fingerprint density at radius 3 is 2.22 bits per heavy atom. The van der Waals surface area contributed by atoms with E-state index >= 15 is 0 Å². The Balaban J connectivity index is 2.06. The molecule has 0 aliphatic carbocycles. The lowest BCUT2D eigenvalue weighted by Gasteiger charge is -2.36. The van der Waals surface area contributed by atoms with Crippen molar-refractivity contribution in [2.24, 2.45) is 5.41 Å². The van der Waals surface area contributed by atoms with Gasteiger partial charge in [0.05, 0.1) is 23.0 Å². The fourth-order valence-electron chi connectivity index (χ4n) is 2.10. The van der Waals surface area contributed by atoms with Crippen LogP contribution in [0, 0.1) is 22.9 Å². The molecule has 0 atom stereocenters. The first kappa shape index (κ1) is 18.1. The fourth-order valence-corrected chi connectivity index (χ4v) is 2.48. The average Bonchev–Trinajstić information content (AvgIpc) is 2.45. The van der Waals surface area contributed by atoms with Gasteiger partial charge in [-0.1, -0.05) is 0 Å². The number of benzene rings is 1. The molecule has 0 bridgehead atoms. The predicted octanol–water partition coefficient (Wildman–Crippen LogP) is 3.49. The Hall–Kier alpha value is -1.28. The van der Waals surface area contributed by atoms with Gasteiger partial charge in [0.2, 0.25) is 0 Å². The van der Waals surface area contributed by atoms with Crippen molar-refractivity contribution in [3.63, 3.8) is 0 Å². The number of rotatable bonds is 2. The first-order valence-electron chi connectivity index (χ1n) is 7.16. The van der Waals surface area contributed by atoms with Crippen LogP contribution in [0.2, 0.25) is 0 Å². The standard InChI is InChI=1S/C15H18BrF3N2O2/c1-15(2,3)14(22)23-21-6-4-20(5-7-21)13-10(17)8-9(16)11(18)12(13)19/h8H,4-7H2,1-3H3. The maximum Gasteiger partial charge on any atom is 0.330 e. The summed E-state index contributed by atoms with van der Waals surface area (Å²) in [6.07, 6.45) is 0. The monoisotopic (exact) mass is 394 g/mol. The molecule has 8 heteroatoms. The summed E-state index contributed by atoms with van der Waals surface area (Å²) in [5.74, 6) is -3.56. The van der Waals surface area contributed by atoms with Crippen molar-refractivity contribution in [3.05, 3.63) is 28.0 Å². The third-order valence-corrected chi connectivity index (χ3v) is 4.05. The largest absolute Gasteiger partial charge is 0.367 e. The van der Waals surface area contributed by atoms with Gasteiger partial charge < -0.3 is 9.74 Å². The molecule has 0 N–H and O–H groups in total. The van der Waals surface area contributed by atoms with Crippen LogP contribution in [-0.2, 0) is 9.63 Å². The maximum atomic E-state index is 14.0. The minimum Gasteiger partial charge on any atom is -0.367 e. The SMILES string of the molecule is CC(C)(C)C(=O)ON1CCN(c2c(F)cc(Br)c(F)c2F)CC1. The lowest BCUT2D eigenvalue weighted by Crippen LogP contribution is -2.48. The minimum atomic E-state index is -1.22. The van der Waals surface area contributed by atoms with Crippen LogP contribution in [0.25, 0.3) is 0 Å². The van der Waals surface area contributed by atoms with Gasteiger partial charge in [0, 0.05) is 13.1 Å². The molecule has 0 amide bonds. The molecule has 1 saturated heterocycles. The number of hydroxylamine groups is 2. The summed E-state index contributed by atoms with van der Waals surface area (Å²) in [5.41, 5.74) is -1.03. The van der Waals surface area contributed by atoms with Crippen LogP contribution in [0.5, 0.6) is 0 Å². The summed E-state index contributed by atoms with van der Waals surface area (Å²) >= 11 is 2.77. The lowest BCUT2D eigenvalue weighted by molar-refractivity contribution is -0.201. The summed E-state index contributed by atoms with van der Waals surface area (Å²) in [5, 5.41) is 1.45. The van der Waals surface area contributed by atoms with E-state index in [-0.39, 0.29) is 36.6 Å².